The first-order chi connectivity index (χ1) is 7.31. The van der Waals surface area contributed by atoms with Gasteiger partial charge in [0.05, 0.1) is 6.73 Å². The highest BCUT2D eigenvalue weighted by atomic mass is 16.3. The topological polar surface area (TPSA) is 26.7 Å². The SMILES string of the molecule is CC1C=CC=CC1N1CCN(CO)CC1. The lowest BCUT2D eigenvalue weighted by atomic mass is 9.95. The molecule has 1 fully saturated rings. The van der Waals surface area contributed by atoms with Crippen LogP contribution in [0.5, 0.6) is 0 Å². The second-order valence-corrected chi connectivity index (χ2v) is 4.41. The maximum Gasteiger partial charge on any atom is 0.0957 e. The van der Waals surface area contributed by atoms with E-state index in [9.17, 15) is 0 Å². The van der Waals surface area contributed by atoms with Crippen LogP contribution in [-0.4, -0.2) is 53.9 Å². The Kier molecular flexibility index (Phi) is 3.57. The molecule has 0 aromatic carbocycles. The average molecular weight is 208 g/mol. The first-order valence-electron chi connectivity index (χ1n) is 5.73. The van der Waals surface area contributed by atoms with Crippen molar-refractivity contribution in [2.45, 2.75) is 13.0 Å². The first kappa shape index (κ1) is 10.9. The van der Waals surface area contributed by atoms with Gasteiger partial charge in [0.15, 0.2) is 0 Å². The Morgan fingerprint density at radius 1 is 1.13 bits per heavy atom. The highest BCUT2D eigenvalue weighted by molar-refractivity contribution is 5.16. The molecule has 2 rings (SSSR count). The molecule has 1 heterocycles. The maximum absolute atomic E-state index is 9.02. The van der Waals surface area contributed by atoms with Gasteiger partial charge in [-0.25, -0.2) is 0 Å². The van der Waals surface area contributed by atoms with Crippen LogP contribution in [0.15, 0.2) is 24.3 Å². The summed E-state index contributed by atoms with van der Waals surface area (Å²) >= 11 is 0. The molecule has 0 saturated carbocycles. The summed E-state index contributed by atoms with van der Waals surface area (Å²) in [6.45, 7) is 6.56. The van der Waals surface area contributed by atoms with Gasteiger partial charge in [-0.2, -0.15) is 0 Å². The predicted octanol–water partition coefficient (Wildman–Crippen LogP) is 0.685. The van der Waals surface area contributed by atoms with E-state index in [4.69, 9.17) is 5.11 Å². The molecule has 84 valence electrons. The summed E-state index contributed by atoms with van der Waals surface area (Å²) in [4.78, 5) is 4.60. The van der Waals surface area contributed by atoms with E-state index >= 15 is 0 Å². The van der Waals surface area contributed by atoms with Crippen LogP contribution < -0.4 is 0 Å². The Morgan fingerprint density at radius 3 is 2.40 bits per heavy atom. The molecule has 2 atom stereocenters. The number of nitrogens with zero attached hydrogens (tertiary/aromatic N) is 2. The van der Waals surface area contributed by atoms with Crippen LogP contribution in [-0.2, 0) is 0 Å². The average Bonchev–Trinajstić information content (AvgIpc) is 2.30. The van der Waals surface area contributed by atoms with Gasteiger partial charge in [0.2, 0.25) is 0 Å². The second kappa shape index (κ2) is 4.92. The lowest BCUT2D eigenvalue weighted by molar-refractivity contribution is 0.0399. The van der Waals surface area contributed by atoms with E-state index in [-0.39, 0.29) is 6.73 Å². The minimum Gasteiger partial charge on any atom is -0.381 e. The van der Waals surface area contributed by atoms with Gasteiger partial charge in [0, 0.05) is 32.2 Å². The van der Waals surface area contributed by atoms with Crippen molar-refractivity contribution in [3.05, 3.63) is 24.3 Å². The van der Waals surface area contributed by atoms with Gasteiger partial charge in [0.25, 0.3) is 0 Å². The largest absolute Gasteiger partial charge is 0.381 e. The van der Waals surface area contributed by atoms with E-state index in [1.807, 2.05) is 0 Å². The van der Waals surface area contributed by atoms with Crippen molar-refractivity contribution in [3.8, 4) is 0 Å². The standard InChI is InChI=1S/C12H20N2O/c1-11-4-2-3-5-12(11)14-8-6-13(10-15)7-9-14/h2-5,11-12,15H,6-10H2,1H3. The molecule has 1 N–H and O–H groups in total. The molecule has 0 spiro atoms. The number of rotatable bonds is 2. The monoisotopic (exact) mass is 208 g/mol. The van der Waals surface area contributed by atoms with Gasteiger partial charge in [-0.1, -0.05) is 31.2 Å². The van der Waals surface area contributed by atoms with Gasteiger partial charge >= 0.3 is 0 Å². The van der Waals surface area contributed by atoms with Crippen LogP contribution in [0.1, 0.15) is 6.92 Å². The van der Waals surface area contributed by atoms with Gasteiger partial charge in [-0.05, 0) is 5.92 Å². The number of allylic oxidation sites excluding steroid dienone is 2. The third kappa shape index (κ3) is 2.48. The van der Waals surface area contributed by atoms with Gasteiger partial charge in [-0.3, -0.25) is 9.80 Å². The van der Waals surface area contributed by atoms with Crippen molar-refractivity contribution >= 4 is 0 Å². The molecule has 0 amide bonds. The zero-order chi connectivity index (χ0) is 10.7. The number of aliphatic hydroxyl groups excluding tert-OH is 1. The van der Waals surface area contributed by atoms with E-state index in [1.54, 1.807) is 0 Å². The fraction of sp³-hybridized carbons (Fsp3) is 0.667. The molecule has 1 saturated heterocycles. The minimum atomic E-state index is 0.198. The third-order valence-corrected chi connectivity index (χ3v) is 3.40. The predicted molar refractivity (Wildman–Crippen MR) is 61.5 cm³/mol. The lowest BCUT2D eigenvalue weighted by Gasteiger charge is -2.39. The van der Waals surface area contributed by atoms with Crippen LogP contribution in [0, 0.1) is 5.92 Å². The summed E-state index contributed by atoms with van der Waals surface area (Å²) in [5.41, 5.74) is 0. The van der Waals surface area contributed by atoms with E-state index in [2.05, 4.69) is 41.0 Å². The molecule has 3 heteroatoms. The number of piperazine rings is 1. The quantitative estimate of drug-likeness (QED) is 0.723. The molecule has 0 aromatic heterocycles. The smallest absolute Gasteiger partial charge is 0.0957 e. The highest BCUT2D eigenvalue weighted by Gasteiger charge is 2.25. The lowest BCUT2D eigenvalue weighted by Crippen LogP contribution is -2.51. The van der Waals surface area contributed by atoms with Crippen molar-refractivity contribution < 1.29 is 5.11 Å². The van der Waals surface area contributed by atoms with Crippen molar-refractivity contribution in [1.82, 2.24) is 9.80 Å². The van der Waals surface area contributed by atoms with E-state index < -0.39 is 0 Å². The van der Waals surface area contributed by atoms with Crippen LogP contribution in [0.2, 0.25) is 0 Å². The summed E-state index contributed by atoms with van der Waals surface area (Å²) in [5, 5.41) is 9.02. The Balaban J connectivity index is 1.90. The molecule has 3 nitrogen and oxygen atoms in total. The number of hydrogen-bond donors (Lipinski definition) is 1. The Bertz CT molecular complexity index is 254. The van der Waals surface area contributed by atoms with Crippen molar-refractivity contribution in [3.63, 3.8) is 0 Å². The second-order valence-electron chi connectivity index (χ2n) is 4.41. The van der Waals surface area contributed by atoms with Gasteiger partial charge in [-0.15, -0.1) is 0 Å². The Labute approximate surface area is 91.7 Å². The molecule has 15 heavy (non-hydrogen) atoms. The first-order valence-corrected chi connectivity index (χ1v) is 5.73. The number of aliphatic hydroxyl groups is 1. The molecular weight excluding hydrogens is 188 g/mol. The van der Waals surface area contributed by atoms with E-state index in [0.717, 1.165) is 26.2 Å². The molecule has 1 aliphatic heterocycles. The van der Waals surface area contributed by atoms with Crippen molar-refractivity contribution in [2.24, 2.45) is 5.92 Å². The summed E-state index contributed by atoms with van der Waals surface area (Å²) in [6, 6.07) is 0.552. The van der Waals surface area contributed by atoms with Gasteiger partial charge < -0.3 is 5.11 Å². The molecule has 2 aliphatic rings. The summed E-state index contributed by atoms with van der Waals surface area (Å²) in [7, 11) is 0. The Hall–Kier alpha value is -0.640. The van der Waals surface area contributed by atoms with Crippen molar-refractivity contribution in [1.29, 1.82) is 0 Å². The molecule has 0 aromatic rings. The summed E-state index contributed by atoms with van der Waals surface area (Å²) in [5.74, 6) is 0.607. The van der Waals surface area contributed by atoms with E-state index in [1.165, 1.54) is 0 Å². The summed E-state index contributed by atoms with van der Waals surface area (Å²) < 4.78 is 0. The molecule has 0 bridgehead atoms. The van der Waals surface area contributed by atoms with Gasteiger partial charge in [0.1, 0.15) is 0 Å². The third-order valence-electron chi connectivity index (χ3n) is 3.40. The minimum absolute atomic E-state index is 0.198. The molecule has 0 radical (unpaired) electrons. The fourth-order valence-corrected chi connectivity index (χ4v) is 2.36. The maximum atomic E-state index is 9.02. The van der Waals surface area contributed by atoms with Crippen LogP contribution in [0.4, 0.5) is 0 Å². The molecule has 2 unspecified atom stereocenters. The zero-order valence-electron chi connectivity index (χ0n) is 9.34. The van der Waals surface area contributed by atoms with E-state index in [0.29, 0.717) is 12.0 Å². The normalized spacial score (nSPS) is 33.5. The fourth-order valence-electron chi connectivity index (χ4n) is 2.36. The molecule has 1 aliphatic carbocycles. The summed E-state index contributed by atoms with van der Waals surface area (Å²) in [6.07, 6.45) is 8.83. The van der Waals surface area contributed by atoms with Crippen molar-refractivity contribution in [2.75, 3.05) is 32.9 Å². The Morgan fingerprint density at radius 2 is 1.80 bits per heavy atom. The van der Waals surface area contributed by atoms with Crippen LogP contribution >= 0.6 is 0 Å². The zero-order valence-corrected chi connectivity index (χ0v) is 9.34. The number of hydrogen-bond acceptors (Lipinski definition) is 3. The molecular formula is C12H20N2O. The van der Waals surface area contributed by atoms with Crippen LogP contribution in [0.25, 0.3) is 0 Å². The highest BCUT2D eigenvalue weighted by Crippen LogP contribution is 2.19. The van der Waals surface area contributed by atoms with Crippen LogP contribution in [0.3, 0.4) is 0 Å².